The van der Waals surface area contributed by atoms with Crippen LogP contribution >= 0.6 is 11.6 Å². The number of hydrogen-bond acceptors (Lipinski definition) is 4. The van der Waals surface area contributed by atoms with Gasteiger partial charge in [0, 0.05) is 26.1 Å². The van der Waals surface area contributed by atoms with Gasteiger partial charge >= 0.3 is 0 Å². The molecule has 4 nitrogen and oxygen atoms in total. The summed E-state index contributed by atoms with van der Waals surface area (Å²) < 4.78 is 16.7. The largest absolute Gasteiger partial charge is 0.494 e. The standard InChI is InChI=1S/C25H39ClO4/c1-17(2)11-9-12-18(3)13-10-14-19(4)15-16-21-20(5)25(29-7,30-8)24(28-6)22(26)23(21)27/h11,13,15,20-21H,9-10,12,14,16H2,1-8H3. The van der Waals surface area contributed by atoms with Gasteiger partial charge in [-0.1, -0.05) is 53.5 Å². The Morgan fingerprint density at radius 3 is 2.00 bits per heavy atom. The molecule has 0 heterocycles. The summed E-state index contributed by atoms with van der Waals surface area (Å²) in [4.78, 5) is 12.9. The maximum Gasteiger partial charge on any atom is 0.232 e. The minimum Gasteiger partial charge on any atom is -0.494 e. The average molecular weight is 439 g/mol. The molecule has 2 unspecified atom stereocenters. The third-order valence-electron chi connectivity index (χ3n) is 5.93. The molecule has 30 heavy (non-hydrogen) atoms. The Hall–Kier alpha value is -1.36. The zero-order valence-corrected chi connectivity index (χ0v) is 20.7. The second kappa shape index (κ2) is 12.5. The Bertz CT molecular complexity index is 707. The van der Waals surface area contributed by atoms with E-state index in [0.29, 0.717) is 6.42 Å². The predicted octanol–water partition coefficient (Wildman–Crippen LogP) is 6.72. The number of halogens is 1. The zero-order valence-electron chi connectivity index (χ0n) is 19.9. The molecule has 0 radical (unpaired) electrons. The van der Waals surface area contributed by atoms with Gasteiger partial charge in [0.15, 0.2) is 11.5 Å². The van der Waals surface area contributed by atoms with E-state index in [1.807, 2.05) is 6.92 Å². The fourth-order valence-electron chi connectivity index (χ4n) is 3.98. The van der Waals surface area contributed by atoms with E-state index in [-0.39, 0.29) is 28.4 Å². The van der Waals surface area contributed by atoms with Crippen LogP contribution in [0.1, 0.15) is 66.7 Å². The summed E-state index contributed by atoms with van der Waals surface area (Å²) in [5.41, 5.74) is 4.05. The smallest absolute Gasteiger partial charge is 0.232 e. The Morgan fingerprint density at radius 2 is 1.50 bits per heavy atom. The Labute approximate surface area is 188 Å². The van der Waals surface area contributed by atoms with Crippen LogP contribution in [0.4, 0.5) is 0 Å². The molecule has 170 valence electrons. The van der Waals surface area contributed by atoms with Gasteiger partial charge in [-0.05, 0) is 59.8 Å². The number of hydrogen-bond donors (Lipinski definition) is 0. The molecular weight excluding hydrogens is 400 g/mol. The highest BCUT2D eigenvalue weighted by Gasteiger charge is 2.53. The lowest BCUT2D eigenvalue weighted by Crippen LogP contribution is -2.52. The van der Waals surface area contributed by atoms with Crippen LogP contribution in [-0.4, -0.2) is 32.9 Å². The molecule has 0 N–H and O–H groups in total. The first-order valence-corrected chi connectivity index (χ1v) is 11.1. The van der Waals surface area contributed by atoms with Crippen molar-refractivity contribution in [2.24, 2.45) is 11.8 Å². The van der Waals surface area contributed by atoms with Crippen LogP contribution < -0.4 is 0 Å². The topological polar surface area (TPSA) is 44.8 Å². The van der Waals surface area contributed by atoms with Crippen LogP contribution in [0.3, 0.4) is 0 Å². The van der Waals surface area contributed by atoms with Gasteiger partial charge < -0.3 is 14.2 Å². The minimum absolute atomic E-state index is 0.0604. The molecule has 0 aliphatic heterocycles. The van der Waals surface area contributed by atoms with E-state index < -0.39 is 5.79 Å². The molecule has 0 bridgehead atoms. The van der Waals surface area contributed by atoms with Crippen LogP contribution in [0.25, 0.3) is 0 Å². The molecule has 1 rings (SSSR count). The lowest BCUT2D eigenvalue weighted by atomic mass is 9.75. The number of ketones is 1. The summed E-state index contributed by atoms with van der Waals surface area (Å²) in [7, 11) is 4.57. The summed E-state index contributed by atoms with van der Waals surface area (Å²) >= 11 is 6.34. The number of allylic oxidation sites excluding steroid dienone is 7. The number of carbonyl (C=O) groups excluding carboxylic acids is 1. The van der Waals surface area contributed by atoms with Gasteiger partial charge in [-0.2, -0.15) is 0 Å². The van der Waals surface area contributed by atoms with Crippen LogP contribution in [0.5, 0.6) is 0 Å². The Kier molecular flexibility index (Phi) is 11.1. The first-order valence-electron chi connectivity index (χ1n) is 10.7. The molecule has 1 aliphatic carbocycles. The lowest BCUT2D eigenvalue weighted by molar-refractivity contribution is -0.241. The highest BCUT2D eigenvalue weighted by molar-refractivity contribution is 6.43. The van der Waals surface area contributed by atoms with Crippen LogP contribution in [0, 0.1) is 11.8 Å². The van der Waals surface area contributed by atoms with Crippen LogP contribution in [-0.2, 0) is 19.0 Å². The molecule has 0 spiro atoms. The molecule has 5 heteroatoms. The maximum atomic E-state index is 12.9. The third-order valence-corrected chi connectivity index (χ3v) is 6.28. The van der Waals surface area contributed by atoms with Crippen molar-refractivity contribution in [1.82, 2.24) is 0 Å². The van der Waals surface area contributed by atoms with Gasteiger partial charge in [0.25, 0.3) is 0 Å². The van der Waals surface area contributed by atoms with E-state index in [1.54, 1.807) is 14.2 Å². The Balaban J connectivity index is 2.80. The zero-order chi connectivity index (χ0) is 22.9. The number of methoxy groups -OCH3 is 3. The average Bonchev–Trinajstić information content (AvgIpc) is 2.70. The number of rotatable bonds is 11. The van der Waals surface area contributed by atoms with Crippen LogP contribution in [0.15, 0.2) is 45.7 Å². The molecule has 2 atom stereocenters. The number of Topliss-reactive ketones (excluding diaryl/α,β-unsaturated/α-hetero) is 1. The summed E-state index contributed by atoms with van der Waals surface area (Å²) in [6.45, 7) is 10.5. The quantitative estimate of drug-likeness (QED) is 0.265. The monoisotopic (exact) mass is 438 g/mol. The van der Waals surface area contributed by atoms with E-state index >= 15 is 0 Å². The summed E-state index contributed by atoms with van der Waals surface area (Å²) in [6.07, 6.45) is 11.5. The summed E-state index contributed by atoms with van der Waals surface area (Å²) in [6, 6.07) is 0. The van der Waals surface area contributed by atoms with Crippen molar-refractivity contribution in [2.45, 2.75) is 72.5 Å². The molecular formula is C25H39ClO4. The van der Waals surface area contributed by atoms with E-state index in [0.717, 1.165) is 25.7 Å². The molecule has 0 fully saturated rings. The van der Waals surface area contributed by atoms with Crippen LogP contribution in [0.2, 0.25) is 0 Å². The van der Waals surface area contributed by atoms with Gasteiger partial charge in [0.1, 0.15) is 5.03 Å². The maximum absolute atomic E-state index is 12.9. The van der Waals surface area contributed by atoms with Crippen molar-refractivity contribution in [3.8, 4) is 0 Å². The summed E-state index contributed by atoms with van der Waals surface area (Å²) in [5, 5.41) is 0.0604. The van der Waals surface area contributed by atoms with Gasteiger partial charge in [-0.3, -0.25) is 4.79 Å². The fraction of sp³-hybridized carbons (Fsp3) is 0.640. The van der Waals surface area contributed by atoms with Gasteiger partial charge in [-0.15, -0.1) is 0 Å². The molecule has 0 aromatic carbocycles. The fourth-order valence-corrected chi connectivity index (χ4v) is 4.33. The molecule has 0 saturated carbocycles. The van der Waals surface area contributed by atoms with E-state index in [4.69, 9.17) is 25.8 Å². The van der Waals surface area contributed by atoms with Gasteiger partial charge in [0.05, 0.1) is 7.11 Å². The molecule has 0 saturated heterocycles. The van der Waals surface area contributed by atoms with Gasteiger partial charge in [0.2, 0.25) is 5.79 Å². The van der Waals surface area contributed by atoms with E-state index in [2.05, 4.69) is 45.9 Å². The number of ether oxygens (including phenoxy) is 3. The molecule has 0 amide bonds. The van der Waals surface area contributed by atoms with Gasteiger partial charge in [-0.25, -0.2) is 0 Å². The lowest BCUT2D eigenvalue weighted by Gasteiger charge is -2.43. The Morgan fingerprint density at radius 1 is 0.967 bits per heavy atom. The van der Waals surface area contributed by atoms with Crippen molar-refractivity contribution in [1.29, 1.82) is 0 Å². The van der Waals surface area contributed by atoms with E-state index in [1.165, 1.54) is 23.8 Å². The highest BCUT2D eigenvalue weighted by Crippen LogP contribution is 2.45. The normalized spacial score (nSPS) is 22.4. The first-order chi connectivity index (χ1) is 14.1. The summed E-state index contributed by atoms with van der Waals surface area (Å²) in [5.74, 6) is -1.59. The molecule has 1 aliphatic rings. The van der Waals surface area contributed by atoms with E-state index in [9.17, 15) is 4.79 Å². The van der Waals surface area contributed by atoms with Crippen molar-refractivity contribution in [3.05, 3.63) is 45.7 Å². The van der Waals surface area contributed by atoms with Crippen molar-refractivity contribution in [2.75, 3.05) is 21.3 Å². The predicted molar refractivity (Wildman–Crippen MR) is 124 cm³/mol. The highest BCUT2D eigenvalue weighted by atomic mass is 35.5. The minimum atomic E-state index is -1.16. The SMILES string of the molecule is COC1=C(Cl)C(=O)C(CC=C(C)CCC=C(C)CCC=C(C)C)C(C)C1(OC)OC. The number of carbonyl (C=O) groups is 1. The molecule has 0 aromatic rings. The molecule has 0 aromatic heterocycles. The first kappa shape index (κ1) is 26.7. The second-order valence-electron chi connectivity index (χ2n) is 8.38. The third kappa shape index (κ3) is 6.57. The second-order valence-corrected chi connectivity index (χ2v) is 8.76. The van der Waals surface area contributed by atoms with Crippen molar-refractivity contribution in [3.63, 3.8) is 0 Å². The van der Waals surface area contributed by atoms with Crippen molar-refractivity contribution < 1.29 is 19.0 Å². The van der Waals surface area contributed by atoms with Crippen molar-refractivity contribution >= 4 is 17.4 Å².